The minimum absolute atomic E-state index is 0.156. The van der Waals surface area contributed by atoms with Crippen LogP contribution in [0.25, 0.3) is 11.4 Å². The van der Waals surface area contributed by atoms with Gasteiger partial charge in [0.05, 0.1) is 18.4 Å². The number of hydrogen-bond donors (Lipinski definition) is 1. The smallest absolute Gasteiger partial charge is 0.233 e. The van der Waals surface area contributed by atoms with Gasteiger partial charge in [-0.05, 0) is 42.2 Å². The van der Waals surface area contributed by atoms with E-state index in [1.54, 1.807) is 7.11 Å². The molecule has 7 nitrogen and oxygen atoms in total. The lowest BCUT2D eigenvalue weighted by Gasteiger charge is -2.39. The van der Waals surface area contributed by atoms with Crippen molar-refractivity contribution >= 4 is 17.7 Å². The van der Waals surface area contributed by atoms with E-state index in [-0.39, 0.29) is 11.3 Å². The quantitative estimate of drug-likeness (QED) is 0.596. The molecule has 2 heterocycles. The summed E-state index contributed by atoms with van der Waals surface area (Å²) in [5.74, 6) is 7.90. The molecule has 156 valence electrons. The van der Waals surface area contributed by atoms with E-state index >= 15 is 0 Å². The van der Waals surface area contributed by atoms with E-state index in [9.17, 15) is 4.79 Å². The second kappa shape index (κ2) is 7.23. The third kappa shape index (κ3) is 3.82. The third-order valence-corrected chi connectivity index (χ3v) is 7.00. The monoisotopic (exact) mass is 415 g/mol. The molecular weight excluding hydrogens is 386 g/mol. The molecule has 0 spiro atoms. The van der Waals surface area contributed by atoms with Gasteiger partial charge in [0.2, 0.25) is 11.1 Å². The minimum Gasteiger partial charge on any atom is -0.496 e. The highest BCUT2D eigenvalue weighted by Gasteiger charge is 2.50. The number of carbonyl (C=O) groups excluding carboxylic acids is 1. The molecule has 1 saturated carbocycles. The van der Waals surface area contributed by atoms with E-state index in [1.807, 2.05) is 24.3 Å². The highest BCUT2D eigenvalue weighted by molar-refractivity contribution is 7.99. The predicted molar refractivity (Wildman–Crippen MR) is 114 cm³/mol. The Kier molecular flexibility index (Phi) is 5.01. The predicted octanol–water partition coefficient (Wildman–Crippen LogP) is 3.19. The van der Waals surface area contributed by atoms with Gasteiger partial charge in [0.25, 0.3) is 0 Å². The molecule has 0 unspecified atom stereocenters. The molecule has 1 amide bonds. The van der Waals surface area contributed by atoms with Gasteiger partial charge in [0, 0.05) is 12.6 Å². The molecule has 0 radical (unpaired) electrons. The van der Waals surface area contributed by atoms with Crippen LogP contribution in [0.3, 0.4) is 0 Å². The molecule has 2 atom stereocenters. The van der Waals surface area contributed by atoms with Crippen molar-refractivity contribution in [3.63, 3.8) is 0 Å². The van der Waals surface area contributed by atoms with Gasteiger partial charge in [-0.1, -0.05) is 44.7 Å². The molecule has 1 aliphatic heterocycles. The van der Waals surface area contributed by atoms with Crippen LogP contribution in [-0.4, -0.2) is 51.1 Å². The first kappa shape index (κ1) is 20.1. The van der Waals surface area contributed by atoms with Gasteiger partial charge >= 0.3 is 0 Å². The zero-order valence-electron chi connectivity index (χ0n) is 17.5. The van der Waals surface area contributed by atoms with Gasteiger partial charge in [0.1, 0.15) is 5.75 Å². The first-order valence-electron chi connectivity index (χ1n) is 9.98. The van der Waals surface area contributed by atoms with Crippen LogP contribution in [0.5, 0.6) is 5.75 Å². The minimum atomic E-state index is 0.156. The Balaban J connectivity index is 1.45. The van der Waals surface area contributed by atoms with Gasteiger partial charge in [-0.3, -0.25) is 4.79 Å². The summed E-state index contributed by atoms with van der Waals surface area (Å²) in [6.45, 7) is 7.80. The number of fused-ring (bicyclic) bond motifs is 2. The van der Waals surface area contributed by atoms with Gasteiger partial charge < -0.3 is 15.5 Å². The molecule has 1 aliphatic carbocycles. The maximum Gasteiger partial charge on any atom is 0.233 e. The van der Waals surface area contributed by atoms with Crippen LogP contribution in [0.15, 0.2) is 29.4 Å². The summed E-state index contributed by atoms with van der Waals surface area (Å²) >= 11 is 1.34. The van der Waals surface area contributed by atoms with Crippen LogP contribution in [0.4, 0.5) is 0 Å². The van der Waals surface area contributed by atoms with Crippen molar-refractivity contribution in [2.24, 2.45) is 10.8 Å². The van der Waals surface area contributed by atoms with E-state index in [4.69, 9.17) is 10.6 Å². The maximum atomic E-state index is 13.0. The Morgan fingerprint density at radius 2 is 2.03 bits per heavy atom. The molecule has 2 N–H and O–H groups in total. The summed E-state index contributed by atoms with van der Waals surface area (Å²) in [5.41, 5.74) is 1.30. The fraction of sp³-hybridized carbons (Fsp3) is 0.571. The Morgan fingerprint density at radius 3 is 2.79 bits per heavy atom. The summed E-state index contributed by atoms with van der Waals surface area (Å²) in [6.07, 6.45) is 3.36. The second-order valence-corrected chi connectivity index (χ2v) is 10.3. The van der Waals surface area contributed by atoms with E-state index < -0.39 is 0 Å². The zero-order valence-corrected chi connectivity index (χ0v) is 18.3. The normalized spacial score (nSPS) is 25.2. The van der Waals surface area contributed by atoms with Crippen LogP contribution in [0.1, 0.15) is 40.0 Å². The first-order chi connectivity index (χ1) is 13.7. The van der Waals surface area contributed by atoms with Gasteiger partial charge in [-0.25, -0.2) is 4.68 Å². The first-order valence-corrected chi connectivity index (χ1v) is 11.0. The number of benzene rings is 1. The second-order valence-electron chi connectivity index (χ2n) is 9.40. The van der Waals surface area contributed by atoms with Gasteiger partial charge in [-0.15, -0.1) is 10.2 Å². The lowest BCUT2D eigenvalue weighted by atomic mass is 9.65. The van der Waals surface area contributed by atoms with Crippen LogP contribution in [0, 0.1) is 10.8 Å². The van der Waals surface area contributed by atoms with Crippen molar-refractivity contribution in [1.82, 2.24) is 19.8 Å². The Labute approximate surface area is 176 Å². The topological polar surface area (TPSA) is 86.3 Å². The SMILES string of the molecule is COc1ccccc1-c1nnc(SCC(=O)N2C[C@]3(C)C[C@H]2CC(C)(C)C3)n1N. The van der Waals surface area contributed by atoms with E-state index in [0.29, 0.717) is 33.9 Å². The molecule has 2 fully saturated rings. The summed E-state index contributed by atoms with van der Waals surface area (Å²) in [4.78, 5) is 15.1. The van der Waals surface area contributed by atoms with Crippen molar-refractivity contribution in [3.8, 4) is 17.1 Å². The number of para-hydroxylation sites is 1. The molecule has 1 aromatic heterocycles. The van der Waals surface area contributed by atoms with Crippen LogP contribution < -0.4 is 10.6 Å². The molecule has 1 saturated heterocycles. The summed E-state index contributed by atoms with van der Waals surface area (Å²) in [6, 6.07) is 7.88. The van der Waals surface area contributed by atoms with Gasteiger partial charge in [-0.2, -0.15) is 0 Å². The van der Waals surface area contributed by atoms with Crippen molar-refractivity contribution in [2.45, 2.75) is 51.2 Å². The molecule has 2 aromatic rings. The number of likely N-dealkylation sites (tertiary alicyclic amines) is 1. The van der Waals surface area contributed by atoms with Crippen molar-refractivity contribution in [3.05, 3.63) is 24.3 Å². The zero-order chi connectivity index (χ0) is 20.8. The molecule has 8 heteroatoms. The van der Waals surface area contributed by atoms with Crippen molar-refractivity contribution in [1.29, 1.82) is 0 Å². The van der Waals surface area contributed by atoms with E-state index in [1.165, 1.54) is 22.9 Å². The maximum absolute atomic E-state index is 13.0. The fourth-order valence-corrected chi connectivity index (χ4v) is 6.09. The third-order valence-electron chi connectivity index (χ3n) is 6.07. The number of thioether (sulfide) groups is 1. The lowest BCUT2D eigenvalue weighted by Crippen LogP contribution is -2.38. The Bertz CT molecular complexity index is 928. The fourth-order valence-electron chi connectivity index (χ4n) is 5.35. The summed E-state index contributed by atoms with van der Waals surface area (Å²) in [7, 11) is 1.61. The van der Waals surface area contributed by atoms with Crippen molar-refractivity contribution in [2.75, 3.05) is 25.3 Å². The number of carbonyl (C=O) groups is 1. The molecule has 1 aromatic carbocycles. The van der Waals surface area contributed by atoms with Gasteiger partial charge in [0.15, 0.2) is 5.82 Å². The summed E-state index contributed by atoms with van der Waals surface area (Å²) < 4.78 is 6.82. The van der Waals surface area contributed by atoms with E-state index in [2.05, 4.69) is 35.9 Å². The summed E-state index contributed by atoms with van der Waals surface area (Å²) in [5, 5.41) is 8.93. The number of amides is 1. The number of nitrogens with zero attached hydrogens (tertiary/aromatic N) is 4. The lowest BCUT2D eigenvalue weighted by molar-refractivity contribution is -0.129. The molecule has 2 aliphatic rings. The Hall–Kier alpha value is -2.22. The van der Waals surface area contributed by atoms with Crippen LogP contribution in [0.2, 0.25) is 0 Å². The molecule has 4 rings (SSSR count). The van der Waals surface area contributed by atoms with Crippen LogP contribution >= 0.6 is 11.8 Å². The number of nitrogen functional groups attached to an aromatic ring is 1. The van der Waals surface area contributed by atoms with Crippen LogP contribution in [-0.2, 0) is 4.79 Å². The number of nitrogens with two attached hydrogens (primary N) is 1. The molecular formula is C21H29N5O2S. The number of methoxy groups -OCH3 is 1. The molecule has 2 bridgehead atoms. The number of aromatic nitrogens is 3. The average Bonchev–Trinajstić information content (AvgIpc) is 3.15. The average molecular weight is 416 g/mol. The highest BCUT2D eigenvalue weighted by atomic mass is 32.2. The largest absolute Gasteiger partial charge is 0.496 e. The van der Waals surface area contributed by atoms with Crippen molar-refractivity contribution < 1.29 is 9.53 Å². The standard InChI is InChI=1S/C21H29N5O2S/c1-20(2)9-14-10-21(3,12-20)13-25(14)17(27)11-29-19-24-23-18(26(19)22)15-7-5-6-8-16(15)28-4/h5-8,14H,9-13,22H2,1-4H3/t14-,21-/m1/s1. The highest BCUT2D eigenvalue weighted by Crippen LogP contribution is 2.52. The Morgan fingerprint density at radius 1 is 1.28 bits per heavy atom. The number of rotatable bonds is 5. The number of ether oxygens (including phenoxy) is 1. The molecule has 29 heavy (non-hydrogen) atoms. The number of hydrogen-bond acceptors (Lipinski definition) is 6. The van der Waals surface area contributed by atoms with E-state index in [0.717, 1.165) is 24.9 Å².